The van der Waals surface area contributed by atoms with Gasteiger partial charge in [0.1, 0.15) is 11.6 Å². The molecule has 3 aliphatic rings. The lowest BCUT2D eigenvalue weighted by Gasteiger charge is -2.34. The third-order valence-corrected chi connectivity index (χ3v) is 9.48. The normalized spacial score (nSPS) is 19.6. The van der Waals surface area contributed by atoms with Crippen molar-refractivity contribution in [1.29, 1.82) is 0 Å². The number of anilines is 3. The number of piperidine rings is 1. The summed E-state index contributed by atoms with van der Waals surface area (Å²) >= 11 is 0. The zero-order valence-electron chi connectivity index (χ0n) is 21.3. The van der Waals surface area contributed by atoms with E-state index in [9.17, 15) is 13.2 Å². The molecule has 1 saturated carbocycles. The van der Waals surface area contributed by atoms with E-state index in [2.05, 4.69) is 15.5 Å². The largest absolute Gasteiger partial charge is 0.377 e. The molecule has 36 heavy (non-hydrogen) atoms. The summed E-state index contributed by atoms with van der Waals surface area (Å²) in [6, 6.07) is 10.4. The molecule has 3 fully saturated rings. The lowest BCUT2D eigenvalue weighted by atomic mass is 9.93. The van der Waals surface area contributed by atoms with Gasteiger partial charge in [0.15, 0.2) is 9.84 Å². The second-order valence-corrected chi connectivity index (χ2v) is 13.7. The minimum Gasteiger partial charge on any atom is -0.377 e. The number of carbonyl (C=O) groups excluding carboxylic acids is 1. The summed E-state index contributed by atoms with van der Waals surface area (Å²) in [6.07, 6.45) is 4.85. The summed E-state index contributed by atoms with van der Waals surface area (Å²) in [7, 11) is -3.48. The van der Waals surface area contributed by atoms with Crippen LogP contribution in [0.1, 0.15) is 56.8 Å². The van der Waals surface area contributed by atoms with Crippen LogP contribution in [0.25, 0.3) is 0 Å². The van der Waals surface area contributed by atoms with E-state index >= 15 is 0 Å². The van der Waals surface area contributed by atoms with Crippen LogP contribution < -0.4 is 15.5 Å². The molecule has 9 heteroatoms. The topological polar surface area (TPSA) is 101 Å². The van der Waals surface area contributed by atoms with Crippen LogP contribution in [0, 0.1) is 10.8 Å². The number of pyridine rings is 1. The monoisotopic (exact) mass is 512 g/mol. The molecule has 0 radical (unpaired) electrons. The van der Waals surface area contributed by atoms with Crippen molar-refractivity contribution >= 4 is 33.1 Å². The van der Waals surface area contributed by atoms with Crippen molar-refractivity contribution in [2.24, 2.45) is 10.8 Å². The third-order valence-electron chi connectivity index (χ3n) is 7.26. The zero-order valence-corrected chi connectivity index (χ0v) is 22.2. The van der Waals surface area contributed by atoms with E-state index < -0.39 is 9.84 Å². The van der Waals surface area contributed by atoms with Gasteiger partial charge in [-0.1, -0.05) is 26.8 Å². The van der Waals surface area contributed by atoms with Crippen molar-refractivity contribution in [2.45, 2.75) is 57.4 Å². The third kappa shape index (κ3) is 5.67. The van der Waals surface area contributed by atoms with Crippen LogP contribution in [0.4, 0.5) is 17.3 Å². The van der Waals surface area contributed by atoms with E-state index in [1.807, 2.05) is 26.8 Å². The molecular formula is C27H36N4O4S. The second-order valence-electron chi connectivity index (χ2n) is 11.7. The Morgan fingerprint density at radius 3 is 2.44 bits per heavy atom. The Bertz CT molecular complexity index is 1240. The summed E-state index contributed by atoms with van der Waals surface area (Å²) in [6.45, 7) is 8.75. The van der Waals surface area contributed by atoms with Crippen LogP contribution in [0.5, 0.6) is 0 Å². The smallest absolute Gasteiger partial charge is 0.259 e. The minimum atomic E-state index is -3.48. The molecule has 8 nitrogen and oxygen atoms in total. The van der Waals surface area contributed by atoms with Gasteiger partial charge in [-0.15, -0.1) is 0 Å². The molecule has 2 saturated heterocycles. The number of nitrogens with zero attached hydrogens (tertiary/aromatic N) is 2. The first kappa shape index (κ1) is 25.0. The Morgan fingerprint density at radius 1 is 1.11 bits per heavy atom. The number of amides is 1. The maximum absolute atomic E-state index is 13.4. The van der Waals surface area contributed by atoms with Gasteiger partial charge in [-0.05, 0) is 66.8 Å². The average Bonchev–Trinajstić information content (AvgIpc) is 3.54. The first-order valence-electron chi connectivity index (χ1n) is 12.8. The highest BCUT2D eigenvalue weighted by atomic mass is 32.2. The number of benzene rings is 1. The number of carbonyl (C=O) groups is 1. The van der Waals surface area contributed by atoms with Crippen LogP contribution in [0.15, 0.2) is 41.3 Å². The Hall–Kier alpha value is -2.65. The van der Waals surface area contributed by atoms with Crippen LogP contribution >= 0.6 is 0 Å². The van der Waals surface area contributed by atoms with Crippen LogP contribution in [0.3, 0.4) is 0 Å². The molecule has 2 aromatic rings. The maximum atomic E-state index is 13.4. The summed E-state index contributed by atoms with van der Waals surface area (Å²) in [5, 5.41) is 6.30. The van der Waals surface area contributed by atoms with Crippen LogP contribution in [-0.4, -0.2) is 57.4 Å². The number of hydrogen-bond acceptors (Lipinski definition) is 7. The minimum absolute atomic E-state index is 0.0302. The maximum Gasteiger partial charge on any atom is 0.259 e. The molecule has 1 aromatic heterocycles. The Kier molecular flexibility index (Phi) is 6.49. The molecule has 3 heterocycles. The lowest BCUT2D eigenvalue weighted by molar-refractivity contribution is 0.0209. The Morgan fingerprint density at radius 2 is 1.83 bits per heavy atom. The number of ether oxygens (including phenoxy) is 1. The van der Waals surface area contributed by atoms with Crippen molar-refractivity contribution < 1.29 is 17.9 Å². The van der Waals surface area contributed by atoms with E-state index in [0.717, 1.165) is 31.7 Å². The quantitative estimate of drug-likeness (QED) is 0.569. The van der Waals surface area contributed by atoms with Gasteiger partial charge in [-0.2, -0.15) is 0 Å². The molecule has 1 spiro atoms. The van der Waals surface area contributed by atoms with Gasteiger partial charge in [0.25, 0.3) is 5.91 Å². The first-order chi connectivity index (χ1) is 17.0. The zero-order chi connectivity index (χ0) is 25.6. The number of rotatable bonds is 7. The van der Waals surface area contributed by atoms with Crippen molar-refractivity contribution in [3.8, 4) is 0 Å². The summed E-state index contributed by atoms with van der Waals surface area (Å²) in [5.41, 5.74) is 1.08. The molecule has 0 unspecified atom stereocenters. The number of aromatic nitrogens is 1. The van der Waals surface area contributed by atoms with E-state index in [4.69, 9.17) is 9.72 Å². The summed E-state index contributed by atoms with van der Waals surface area (Å²) in [4.78, 5) is 20.7. The van der Waals surface area contributed by atoms with E-state index in [1.54, 1.807) is 24.3 Å². The average molecular weight is 513 g/mol. The van der Waals surface area contributed by atoms with Crippen molar-refractivity contribution in [1.82, 2.24) is 4.98 Å². The molecule has 2 N–H and O–H groups in total. The lowest BCUT2D eigenvalue weighted by Crippen LogP contribution is -2.41. The highest BCUT2D eigenvalue weighted by Crippen LogP contribution is 2.54. The fourth-order valence-electron chi connectivity index (χ4n) is 4.96. The molecule has 1 aromatic carbocycles. The predicted octanol–water partition coefficient (Wildman–Crippen LogP) is 4.34. The van der Waals surface area contributed by atoms with Gasteiger partial charge in [0, 0.05) is 18.8 Å². The van der Waals surface area contributed by atoms with Gasteiger partial charge < -0.3 is 20.3 Å². The van der Waals surface area contributed by atoms with Gasteiger partial charge in [-0.3, -0.25) is 4.79 Å². The molecule has 0 atom stereocenters. The van der Waals surface area contributed by atoms with Gasteiger partial charge in [0.05, 0.1) is 35.5 Å². The van der Waals surface area contributed by atoms with Crippen molar-refractivity contribution in [3.63, 3.8) is 0 Å². The number of hydrogen-bond donors (Lipinski definition) is 2. The second kappa shape index (κ2) is 9.34. The Balaban J connectivity index is 1.38. The molecule has 1 amide bonds. The molecule has 194 valence electrons. The standard InChI is InChI=1S/C27H36N4O4S/c1-26(2,3)18-36(33,34)21-6-4-5-19(15-21)29-25(32)22-7-8-23(28-20-16-35-17-20)30-24(22)31-13-11-27(9-10-27)12-14-31/h4-8,15,20H,9-14,16-18H2,1-3H3,(H,28,30)(H,29,32). The molecule has 1 aliphatic carbocycles. The van der Waals surface area contributed by atoms with Gasteiger partial charge in [0.2, 0.25) is 0 Å². The Labute approximate surface area is 213 Å². The molecule has 5 rings (SSSR count). The fourth-order valence-corrected chi connectivity index (χ4v) is 6.86. The molecule has 2 aliphatic heterocycles. The highest BCUT2D eigenvalue weighted by molar-refractivity contribution is 7.91. The number of sulfone groups is 1. The SMILES string of the molecule is CC(C)(C)CS(=O)(=O)c1cccc(NC(=O)c2ccc(NC3COC3)nc2N2CCC3(CC2)CC3)c1. The van der Waals surface area contributed by atoms with Crippen molar-refractivity contribution in [3.05, 3.63) is 42.0 Å². The number of nitrogens with one attached hydrogen (secondary N) is 2. The van der Waals surface area contributed by atoms with E-state index in [1.165, 1.54) is 18.9 Å². The van der Waals surface area contributed by atoms with Gasteiger partial charge in [-0.25, -0.2) is 13.4 Å². The van der Waals surface area contributed by atoms with Crippen LogP contribution in [-0.2, 0) is 14.6 Å². The first-order valence-corrected chi connectivity index (χ1v) is 14.4. The summed E-state index contributed by atoms with van der Waals surface area (Å²) in [5.74, 6) is 1.14. The van der Waals surface area contributed by atoms with E-state index in [-0.39, 0.29) is 28.0 Å². The van der Waals surface area contributed by atoms with Crippen LogP contribution in [0.2, 0.25) is 0 Å². The molecule has 0 bridgehead atoms. The summed E-state index contributed by atoms with van der Waals surface area (Å²) < 4.78 is 31.0. The van der Waals surface area contributed by atoms with E-state index in [0.29, 0.717) is 35.7 Å². The predicted molar refractivity (Wildman–Crippen MR) is 141 cm³/mol. The molecular weight excluding hydrogens is 476 g/mol. The van der Waals surface area contributed by atoms with Gasteiger partial charge >= 0.3 is 0 Å². The van der Waals surface area contributed by atoms with Crippen molar-refractivity contribution in [2.75, 3.05) is 47.6 Å². The fraction of sp³-hybridized carbons (Fsp3) is 0.556. The highest BCUT2D eigenvalue weighted by Gasteiger charge is 2.45.